The average molecular weight is 402 g/mol. The number of sulfonamides is 1. The van der Waals surface area contributed by atoms with Gasteiger partial charge in [-0.1, -0.05) is 6.07 Å². The van der Waals surface area contributed by atoms with Crippen LogP contribution in [-0.4, -0.2) is 38.5 Å². The van der Waals surface area contributed by atoms with E-state index in [4.69, 9.17) is 17.2 Å². The first-order valence-corrected chi connectivity index (χ1v) is 10.1. The van der Waals surface area contributed by atoms with E-state index < -0.39 is 16.1 Å². The number of pyridine rings is 1. The topological polar surface area (TPSA) is 174 Å². The number of anilines is 1. The Morgan fingerprint density at radius 2 is 2.00 bits per heavy atom. The van der Waals surface area contributed by atoms with E-state index in [0.717, 1.165) is 0 Å². The largest absolute Gasteiger partial charge is 0.383 e. The molecule has 0 spiro atoms. The lowest BCUT2D eigenvalue weighted by atomic mass is 9.94. The molecular formula is C17H22N8O2S. The molecule has 28 heavy (non-hydrogen) atoms. The monoisotopic (exact) mass is 402 g/mol. The van der Waals surface area contributed by atoms with Gasteiger partial charge >= 0.3 is 0 Å². The van der Waals surface area contributed by atoms with E-state index in [2.05, 4.69) is 24.9 Å². The maximum absolute atomic E-state index is 12.9. The Kier molecular flexibility index (Phi) is 5.79. The lowest BCUT2D eigenvalue weighted by Crippen LogP contribution is -2.38. The van der Waals surface area contributed by atoms with Crippen LogP contribution in [0.25, 0.3) is 11.1 Å². The number of aromatic nitrogens is 1. The van der Waals surface area contributed by atoms with E-state index in [1.165, 1.54) is 6.07 Å². The highest BCUT2D eigenvalue weighted by Crippen LogP contribution is 2.34. The SMILES string of the molecule is C[C@H](CN)NS(=O)(=O)c1ccc(-c2cccnc2N)c(C2=NCN=N2)c1CN. The number of amidine groups is 1. The Hall–Kier alpha value is -2.73. The summed E-state index contributed by atoms with van der Waals surface area (Å²) in [5, 5.41) is 7.93. The lowest BCUT2D eigenvalue weighted by molar-refractivity contribution is 0.561. The van der Waals surface area contributed by atoms with Crippen LogP contribution in [0.4, 0.5) is 5.82 Å². The number of hydrogen-bond donors (Lipinski definition) is 4. The Labute approximate surface area is 163 Å². The molecular weight excluding hydrogens is 380 g/mol. The van der Waals surface area contributed by atoms with Crippen LogP contribution in [0.3, 0.4) is 0 Å². The van der Waals surface area contributed by atoms with Gasteiger partial charge in [-0.3, -0.25) is 0 Å². The van der Waals surface area contributed by atoms with Gasteiger partial charge in [-0.2, -0.15) is 5.11 Å². The van der Waals surface area contributed by atoms with Gasteiger partial charge in [-0.05, 0) is 36.2 Å². The van der Waals surface area contributed by atoms with Crippen molar-refractivity contribution in [2.24, 2.45) is 26.7 Å². The van der Waals surface area contributed by atoms with Crippen LogP contribution in [0.15, 0.2) is 50.6 Å². The number of hydrogen-bond acceptors (Lipinski definition) is 9. The van der Waals surface area contributed by atoms with Crippen molar-refractivity contribution in [1.82, 2.24) is 9.71 Å². The van der Waals surface area contributed by atoms with Gasteiger partial charge in [-0.25, -0.2) is 23.1 Å². The van der Waals surface area contributed by atoms with Gasteiger partial charge in [0.05, 0.1) is 4.90 Å². The fourth-order valence-corrected chi connectivity index (χ4v) is 4.45. The van der Waals surface area contributed by atoms with Crippen LogP contribution in [0.1, 0.15) is 18.1 Å². The first-order chi connectivity index (χ1) is 13.4. The highest BCUT2D eigenvalue weighted by Gasteiger charge is 2.27. The molecule has 0 radical (unpaired) electrons. The minimum Gasteiger partial charge on any atom is -0.383 e. The first-order valence-electron chi connectivity index (χ1n) is 8.60. The molecule has 2 heterocycles. The van der Waals surface area contributed by atoms with E-state index >= 15 is 0 Å². The highest BCUT2D eigenvalue weighted by molar-refractivity contribution is 7.89. The molecule has 7 N–H and O–H groups in total. The van der Waals surface area contributed by atoms with E-state index in [1.54, 1.807) is 31.3 Å². The quantitative estimate of drug-likeness (QED) is 0.527. The zero-order valence-corrected chi connectivity index (χ0v) is 16.1. The molecule has 148 valence electrons. The maximum Gasteiger partial charge on any atom is 0.241 e. The summed E-state index contributed by atoms with van der Waals surface area (Å²) in [6.07, 6.45) is 1.58. The molecule has 1 aromatic heterocycles. The number of aliphatic imine (C=N–C) groups is 1. The summed E-state index contributed by atoms with van der Waals surface area (Å²) in [4.78, 5) is 8.41. The summed E-state index contributed by atoms with van der Waals surface area (Å²) in [7, 11) is -3.86. The lowest BCUT2D eigenvalue weighted by Gasteiger charge is -2.19. The third-order valence-corrected chi connectivity index (χ3v) is 5.95. The van der Waals surface area contributed by atoms with Crippen LogP contribution in [0.5, 0.6) is 0 Å². The number of nitrogens with one attached hydrogen (secondary N) is 1. The third-order valence-electron chi connectivity index (χ3n) is 4.27. The minimum absolute atomic E-state index is 0.0429. The van der Waals surface area contributed by atoms with Crippen molar-refractivity contribution in [3.05, 3.63) is 41.6 Å². The van der Waals surface area contributed by atoms with Gasteiger partial charge in [0.1, 0.15) is 5.82 Å². The van der Waals surface area contributed by atoms with Crippen LogP contribution in [0.2, 0.25) is 0 Å². The zero-order chi connectivity index (χ0) is 20.3. The van der Waals surface area contributed by atoms with Gasteiger partial charge in [0.2, 0.25) is 10.0 Å². The Bertz CT molecular complexity index is 1050. The summed E-state index contributed by atoms with van der Waals surface area (Å²) in [5.74, 6) is 0.607. The molecule has 0 bridgehead atoms. The number of nitrogen functional groups attached to an aromatic ring is 1. The van der Waals surface area contributed by atoms with Gasteiger partial charge in [-0.15, -0.1) is 5.11 Å². The van der Waals surface area contributed by atoms with E-state index in [-0.39, 0.29) is 24.7 Å². The normalized spacial score (nSPS) is 14.9. The smallest absolute Gasteiger partial charge is 0.241 e. The average Bonchev–Trinajstić information content (AvgIpc) is 3.21. The first kappa shape index (κ1) is 20.0. The second-order valence-corrected chi connectivity index (χ2v) is 7.91. The highest BCUT2D eigenvalue weighted by atomic mass is 32.2. The van der Waals surface area contributed by atoms with Gasteiger partial charge < -0.3 is 17.2 Å². The molecule has 1 atom stereocenters. The predicted molar refractivity (Wildman–Crippen MR) is 107 cm³/mol. The molecule has 0 fully saturated rings. The second kappa shape index (κ2) is 8.10. The molecule has 0 aliphatic carbocycles. The van der Waals surface area contributed by atoms with Crippen molar-refractivity contribution in [1.29, 1.82) is 0 Å². The Morgan fingerprint density at radius 3 is 2.61 bits per heavy atom. The van der Waals surface area contributed by atoms with E-state index in [1.807, 2.05) is 0 Å². The molecule has 0 amide bonds. The molecule has 0 unspecified atom stereocenters. The molecule has 0 saturated carbocycles. The predicted octanol–water partition coefficient (Wildman–Crippen LogP) is 0.585. The van der Waals surface area contributed by atoms with E-state index in [9.17, 15) is 8.42 Å². The summed E-state index contributed by atoms with van der Waals surface area (Å²) >= 11 is 0. The zero-order valence-electron chi connectivity index (χ0n) is 15.3. The van der Waals surface area contributed by atoms with Crippen molar-refractivity contribution in [2.45, 2.75) is 24.4 Å². The standard InChI is InChI=1S/C17H22N8O2S/c1-10(7-18)25-28(26,27)14-5-4-11(12-3-2-6-21-16(12)20)15(13(14)8-19)17-22-9-23-24-17/h2-6,10,25H,7-9,18-19H2,1H3,(H2,20,21)/t10-/m1/s1. The molecule has 2 aromatic rings. The fourth-order valence-electron chi connectivity index (χ4n) is 2.94. The number of benzene rings is 1. The second-order valence-electron chi connectivity index (χ2n) is 6.23. The molecule has 11 heteroatoms. The van der Waals surface area contributed by atoms with Crippen LogP contribution < -0.4 is 21.9 Å². The van der Waals surface area contributed by atoms with Crippen LogP contribution in [-0.2, 0) is 16.6 Å². The van der Waals surface area contributed by atoms with Crippen molar-refractivity contribution < 1.29 is 8.42 Å². The van der Waals surface area contributed by atoms with Gasteiger partial charge in [0, 0.05) is 36.5 Å². The maximum atomic E-state index is 12.9. The minimum atomic E-state index is -3.86. The molecule has 10 nitrogen and oxygen atoms in total. The molecule has 1 aromatic carbocycles. The van der Waals surface area contributed by atoms with Gasteiger partial charge in [0.25, 0.3) is 0 Å². The molecule has 1 aliphatic heterocycles. The molecule has 1 aliphatic rings. The Morgan fingerprint density at radius 1 is 1.21 bits per heavy atom. The molecule has 0 saturated heterocycles. The number of rotatable bonds is 7. The molecule has 3 rings (SSSR count). The summed E-state index contributed by atoms with van der Waals surface area (Å²) in [5.41, 5.74) is 19.7. The Balaban J connectivity index is 2.28. The summed E-state index contributed by atoms with van der Waals surface area (Å²) in [6, 6.07) is 6.24. The van der Waals surface area contributed by atoms with Crippen molar-refractivity contribution in [3.63, 3.8) is 0 Å². The number of nitrogens with two attached hydrogens (primary N) is 3. The van der Waals surface area contributed by atoms with Crippen molar-refractivity contribution >= 4 is 21.7 Å². The fraction of sp³-hybridized carbons (Fsp3) is 0.294. The summed E-state index contributed by atoms with van der Waals surface area (Å²) < 4.78 is 28.4. The van der Waals surface area contributed by atoms with Crippen LogP contribution in [0, 0.1) is 0 Å². The number of azo groups is 1. The van der Waals surface area contributed by atoms with Crippen molar-refractivity contribution in [2.75, 3.05) is 18.9 Å². The number of nitrogens with zero attached hydrogens (tertiary/aromatic N) is 4. The van der Waals surface area contributed by atoms with Crippen molar-refractivity contribution in [3.8, 4) is 11.1 Å². The third kappa shape index (κ3) is 3.78. The summed E-state index contributed by atoms with van der Waals surface area (Å²) in [6.45, 7) is 1.96. The van der Waals surface area contributed by atoms with E-state index in [0.29, 0.717) is 33.9 Å². The van der Waals surface area contributed by atoms with Crippen LogP contribution >= 0.6 is 0 Å². The van der Waals surface area contributed by atoms with Gasteiger partial charge in [0.15, 0.2) is 12.5 Å².